The SMILES string of the molecule is CC(=O)Nc1ccc(NC(=O)COC(=O)CCCC(=O)Nc2ccccc2C)cc1. The molecule has 0 radical (unpaired) electrons. The first-order valence-corrected chi connectivity index (χ1v) is 9.52. The van der Waals surface area contributed by atoms with Gasteiger partial charge in [-0.25, -0.2) is 0 Å². The third-order valence-corrected chi connectivity index (χ3v) is 4.06. The monoisotopic (exact) mass is 411 g/mol. The molecule has 0 heterocycles. The predicted octanol–water partition coefficient (Wildman–Crippen LogP) is 3.24. The Labute approximate surface area is 175 Å². The summed E-state index contributed by atoms with van der Waals surface area (Å²) in [6.45, 7) is 2.89. The van der Waals surface area contributed by atoms with Crippen molar-refractivity contribution in [2.24, 2.45) is 0 Å². The first-order valence-electron chi connectivity index (χ1n) is 9.52. The number of anilines is 3. The summed E-state index contributed by atoms with van der Waals surface area (Å²) in [4.78, 5) is 46.6. The Morgan fingerprint density at radius 2 is 1.43 bits per heavy atom. The van der Waals surface area contributed by atoms with E-state index in [9.17, 15) is 19.2 Å². The van der Waals surface area contributed by atoms with Crippen molar-refractivity contribution < 1.29 is 23.9 Å². The van der Waals surface area contributed by atoms with Crippen molar-refractivity contribution in [2.45, 2.75) is 33.1 Å². The van der Waals surface area contributed by atoms with E-state index >= 15 is 0 Å². The van der Waals surface area contributed by atoms with Crippen LogP contribution in [0.15, 0.2) is 48.5 Å². The first kappa shape index (κ1) is 22.6. The van der Waals surface area contributed by atoms with Crippen LogP contribution in [-0.4, -0.2) is 30.3 Å². The van der Waals surface area contributed by atoms with E-state index in [0.717, 1.165) is 11.3 Å². The Bertz CT molecular complexity index is 909. The minimum atomic E-state index is -0.546. The molecule has 30 heavy (non-hydrogen) atoms. The molecule has 0 unspecified atom stereocenters. The highest BCUT2D eigenvalue weighted by Crippen LogP contribution is 2.14. The van der Waals surface area contributed by atoms with Crippen molar-refractivity contribution in [3.8, 4) is 0 Å². The Kier molecular flexibility index (Phi) is 8.56. The molecule has 0 aliphatic rings. The van der Waals surface area contributed by atoms with Gasteiger partial charge in [0, 0.05) is 36.8 Å². The number of aryl methyl sites for hydroxylation is 1. The smallest absolute Gasteiger partial charge is 0.306 e. The lowest BCUT2D eigenvalue weighted by molar-refractivity contribution is -0.147. The Morgan fingerprint density at radius 1 is 0.800 bits per heavy atom. The maximum absolute atomic E-state index is 11.9. The zero-order valence-electron chi connectivity index (χ0n) is 17.0. The van der Waals surface area contributed by atoms with Crippen molar-refractivity contribution in [2.75, 3.05) is 22.6 Å². The number of rotatable bonds is 9. The van der Waals surface area contributed by atoms with Crippen LogP contribution in [0.4, 0.5) is 17.1 Å². The molecule has 8 heteroatoms. The molecule has 0 spiro atoms. The van der Waals surface area contributed by atoms with Crippen LogP contribution in [0.25, 0.3) is 0 Å². The number of hydrogen-bond donors (Lipinski definition) is 3. The topological polar surface area (TPSA) is 114 Å². The van der Waals surface area contributed by atoms with Gasteiger partial charge in [0.1, 0.15) is 0 Å². The van der Waals surface area contributed by atoms with E-state index in [-0.39, 0.29) is 24.7 Å². The molecule has 8 nitrogen and oxygen atoms in total. The summed E-state index contributed by atoms with van der Waals surface area (Å²) < 4.78 is 4.93. The number of carbonyl (C=O) groups is 4. The maximum Gasteiger partial charge on any atom is 0.306 e. The summed E-state index contributed by atoms with van der Waals surface area (Å²) in [6, 6.07) is 14.0. The fourth-order valence-electron chi connectivity index (χ4n) is 2.57. The predicted molar refractivity (Wildman–Crippen MR) is 114 cm³/mol. The summed E-state index contributed by atoms with van der Waals surface area (Å²) in [6.07, 6.45) is 0.541. The van der Waals surface area contributed by atoms with E-state index in [0.29, 0.717) is 17.8 Å². The maximum atomic E-state index is 11.9. The van der Waals surface area contributed by atoms with E-state index in [1.54, 1.807) is 24.3 Å². The minimum absolute atomic E-state index is 0.0416. The molecule has 0 atom stereocenters. The van der Waals surface area contributed by atoms with Gasteiger partial charge in [-0.3, -0.25) is 19.2 Å². The number of nitrogens with one attached hydrogen (secondary N) is 3. The van der Waals surface area contributed by atoms with Crippen LogP contribution in [-0.2, 0) is 23.9 Å². The van der Waals surface area contributed by atoms with Gasteiger partial charge >= 0.3 is 5.97 Å². The van der Waals surface area contributed by atoms with Gasteiger partial charge in [0.2, 0.25) is 11.8 Å². The summed E-state index contributed by atoms with van der Waals surface area (Å²) in [7, 11) is 0. The highest BCUT2D eigenvalue weighted by atomic mass is 16.5. The lowest BCUT2D eigenvalue weighted by Crippen LogP contribution is -2.21. The molecule has 0 saturated carbocycles. The summed E-state index contributed by atoms with van der Waals surface area (Å²) in [5, 5.41) is 8.01. The fraction of sp³-hybridized carbons (Fsp3) is 0.273. The van der Waals surface area contributed by atoms with E-state index in [2.05, 4.69) is 16.0 Å². The van der Waals surface area contributed by atoms with Crippen LogP contribution in [0.1, 0.15) is 31.7 Å². The third kappa shape index (κ3) is 8.14. The average molecular weight is 411 g/mol. The second-order valence-corrected chi connectivity index (χ2v) is 6.68. The van der Waals surface area contributed by atoms with Gasteiger partial charge in [-0.2, -0.15) is 0 Å². The number of hydrogen-bond acceptors (Lipinski definition) is 5. The lowest BCUT2D eigenvalue weighted by atomic mass is 10.2. The van der Waals surface area contributed by atoms with Gasteiger partial charge in [0.25, 0.3) is 5.91 Å². The summed E-state index contributed by atoms with van der Waals surface area (Å²) in [5.74, 6) is -1.40. The Hall–Kier alpha value is -3.68. The Balaban J connectivity index is 1.64. The second-order valence-electron chi connectivity index (χ2n) is 6.68. The van der Waals surface area contributed by atoms with Gasteiger partial charge in [0.15, 0.2) is 6.61 Å². The molecule has 0 aromatic heterocycles. The molecule has 0 bridgehead atoms. The molecular weight excluding hydrogens is 386 g/mol. The Morgan fingerprint density at radius 3 is 2.07 bits per heavy atom. The molecule has 2 rings (SSSR count). The standard InChI is InChI=1S/C22H25N3O5/c1-15-6-3-4-7-19(15)25-20(27)8-5-9-22(29)30-14-21(28)24-18-12-10-17(11-13-18)23-16(2)26/h3-4,6-7,10-13H,5,8-9,14H2,1-2H3,(H,23,26)(H,24,28)(H,25,27). The van der Waals surface area contributed by atoms with Crippen molar-refractivity contribution in [1.29, 1.82) is 0 Å². The average Bonchev–Trinajstić information content (AvgIpc) is 2.69. The van der Waals surface area contributed by atoms with Crippen molar-refractivity contribution in [1.82, 2.24) is 0 Å². The van der Waals surface area contributed by atoms with Crippen molar-refractivity contribution in [3.63, 3.8) is 0 Å². The fourth-order valence-corrected chi connectivity index (χ4v) is 2.57. The van der Waals surface area contributed by atoms with Crippen LogP contribution >= 0.6 is 0 Å². The van der Waals surface area contributed by atoms with E-state index in [1.165, 1.54) is 6.92 Å². The molecule has 3 amide bonds. The van der Waals surface area contributed by atoms with E-state index in [1.807, 2.05) is 31.2 Å². The summed E-state index contributed by atoms with van der Waals surface area (Å²) >= 11 is 0. The van der Waals surface area contributed by atoms with Crippen molar-refractivity contribution in [3.05, 3.63) is 54.1 Å². The molecular formula is C22H25N3O5. The number of para-hydroxylation sites is 1. The van der Waals surface area contributed by atoms with E-state index < -0.39 is 18.5 Å². The molecule has 0 fully saturated rings. The molecule has 0 aliphatic heterocycles. The molecule has 3 N–H and O–H groups in total. The highest BCUT2D eigenvalue weighted by Gasteiger charge is 2.10. The number of esters is 1. The van der Waals surface area contributed by atoms with Crippen LogP contribution in [0.2, 0.25) is 0 Å². The number of carbonyl (C=O) groups excluding carboxylic acids is 4. The molecule has 0 saturated heterocycles. The van der Waals surface area contributed by atoms with Gasteiger partial charge in [-0.15, -0.1) is 0 Å². The van der Waals surface area contributed by atoms with Crippen LogP contribution in [0, 0.1) is 6.92 Å². The van der Waals surface area contributed by atoms with Gasteiger partial charge in [0.05, 0.1) is 0 Å². The van der Waals surface area contributed by atoms with E-state index in [4.69, 9.17) is 4.74 Å². The normalized spacial score (nSPS) is 10.1. The molecule has 2 aromatic carbocycles. The molecule has 158 valence electrons. The second kappa shape index (κ2) is 11.4. The van der Waals surface area contributed by atoms with Crippen molar-refractivity contribution >= 4 is 40.8 Å². The van der Waals surface area contributed by atoms with Gasteiger partial charge in [-0.1, -0.05) is 18.2 Å². The first-order chi connectivity index (χ1) is 14.3. The third-order valence-electron chi connectivity index (χ3n) is 4.06. The highest BCUT2D eigenvalue weighted by molar-refractivity contribution is 5.94. The van der Waals surface area contributed by atoms with Gasteiger partial charge in [-0.05, 0) is 49.2 Å². The molecule has 0 aliphatic carbocycles. The number of ether oxygens (including phenoxy) is 1. The largest absolute Gasteiger partial charge is 0.456 e. The number of benzene rings is 2. The van der Waals surface area contributed by atoms with Crippen LogP contribution in [0.5, 0.6) is 0 Å². The zero-order chi connectivity index (χ0) is 21.9. The quantitative estimate of drug-likeness (QED) is 0.548. The summed E-state index contributed by atoms with van der Waals surface area (Å²) in [5.41, 5.74) is 2.82. The molecule has 2 aromatic rings. The van der Waals surface area contributed by atoms with Crippen LogP contribution in [0.3, 0.4) is 0 Å². The van der Waals surface area contributed by atoms with Gasteiger partial charge < -0.3 is 20.7 Å². The van der Waals surface area contributed by atoms with Crippen LogP contribution < -0.4 is 16.0 Å². The lowest BCUT2D eigenvalue weighted by Gasteiger charge is -2.09. The number of amides is 3. The minimum Gasteiger partial charge on any atom is -0.456 e. The zero-order valence-corrected chi connectivity index (χ0v) is 17.0.